The minimum absolute atomic E-state index is 0.396. The zero-order valence-corrected chi connectivity index (χ0v) is 11.8. The smallest absolute Gasteiger partial charge is 0.163 e. The van der Waals surface area contributed by atoms with Crippen LogP contribution in [0.3, 0.4) is 0 Å². The Morgan fingerprint density at radius 1 is 1.12 bits per heavy atom. The van der Waals surface area contributed by atoms with Gasteiger partial charge in [0, 0.05) is 29.4 Å². The Kier molecular flexibility index (Phi) is 11.2. The first-order valence-electron chi connectivity index (χ1n) is 5.96. The summed E-state index contributed by atoms with van der Waals surface area (Å²) in [4.78, 5) is 0. The maximum atomic E-state index is 10.8. The molecule has 0 heterocycles. The van der Waals surface area contributed by atoms with Crippen LogP contribution in [0.15, 0.2) is 0 Å². The molecule has 0 aliphatic rings. The van der Waals surface area contributed by atoms with Gasteiger partial charge in [-0.2, -0.15) is 0 Å². The fourth-order valence-corrected chi connectivity index (χ4v) is 2.24. The average Bonchev–Trinajstić information content (AvgIpc) is 2.20. The predicted octanol–water partition coefficient (Wildman–Crippen LogP) is 1.93. The quantitative estimate of drug-likeness (QED) is 0.468. The molecular weight excluding hydrogens is 240 g/mol. The van der Waals surface area contributed by atoms with Gasteiger partial charge in [-0.25, -0.2) is 0 Å². The molecule has 3 nitrogen and oxygen atoms in total. The van der Waals surface area contributed by atoms with Crippen molar-refractivity contribution in [1.82, 2.24) is 5.32 Å². The molecule has 5 heteroatoms. The van der Waals surface area contributed by atoms with Crippen molar-refractivity contribution in [2.75, 3.05) is 18.6 Å². The summed E-state index contributed by atoms with van der Waals surface area (Å²) < 4.78 is 10.8. The van der Waals surface area contributed by atoms with Crippen molar-refractivity contribution >= 4 is 28.1 Å². The predicted molar refractivity (Wildman–Crippen MR) is 76.0 cm³/mol. The van der Waals surface area contributed by atoms with Crippen molar-refractivity contribution in [3.63, 3.8) is 0 Å². The highest BCUT2D eigenvalue weighted by molar-refractivity contribution is 7.84. The third-order valence-electron chi connectivity index (χ3n) is 2.41. The van der Waals surface area contributed by atoms with E-state index in [9.17, 15) is 4.21 Å². The summed E-state index contributed by atoms with van der Waals surface area (Å²) in [5.74, 6) is 0.859. The summed E-state index contributed by atoms with van der Waals surface area (Å²) in [7, 11) is -0.614. The number of hydrogen-bond donors (Lipinski definition) is 2. The van der Waals surface area contributed by atoms with Crippen molar-refractivity contribution in [2.24, 2.45) is 5.73 Å². The molecule has 0 amide bonds. The van der Waals surface area contributed by atoms with Gasteiger partial charge in [0.25, 0.3) is 0 Å². The number of nitrogens with two attached hydrogens (primary N) is 1. The van der Waals surface area contributed by atoms with Crippen LogP contribution in [0.5, 0.6) is 0 Å². The Bertz CT molecular complexity index is 188. The minimum Gasteiger partial charge on any atom is -0.376 e. The van der Waals surface area contributed by atoms with E-state index in [4.69, 9.17) is 18.0 Å². The first-order valence-corrected chi connectivity index (χ1v) is 8.10. The molecule has 0 aromatic carbocycles. The van der Waals surface area contributed by atoms with Crippen LogP contribution in [0, 0.1) is 0 Å². The van der Waals surface area contributed by atoms with E-state index in [0.717, 1.165) is 25.1 Å². The maximum Gasteiger partial charge on any atom is 0.163 e. The Morgan fingerprint density at radius 2 is 1.62 bits per heavy atom. The van der Waals surface area contributed by atoms with Crippen molar-refractivity contribution in [1.29, 1.82) is 0 Å². The second kappa shape index (κ2) is 11.3. The summed E-state index contributed by atoms with van der Waals surface area (Å²) in [6.07, 6.45) is 10.3. The summed E-state index contributed by atoms with van der Waals surface area (Å²) in [6, 6.07) is 0. The van der Waals surface area contributed by atoms with E-state index >= 15 is 0 Å². The highest BCUT2D eigenvalue weighted by atomic mass is 32.2. The van der Waals surface area contributed by atoms with Crippen LogP contribution < -0.4 is 11.1 Å². The van der Waals surface area contributed by atoms with Crippen molar-refractivity contribution < 1.29 is 4.21 Å². The first-order chi connectivity index (χ1) is 7.63. The van der Waals surface area contributed by atoms with E-state index in [1.54, 1.807) is 6.26 Å². The molecule has 0 aliphatic heterocycles. The zero-order valence-electron chi connectivity index (χ0n) is 10.2. The number of thiocarbonyl (C=S) groups is 1. The van der Waals surface area contributed by atoms with Crippen LogP contribution in [0.1, 0.15) is 44.9 Å². The van der Waals surface area contributed by atoms with Gasteiger partial charge in [-0.05, 0) is 25.1 Å². The van der Waals surface area contributed by atoms with Crippen LogP contribution in [0.2, 0.25) is 0 Å². The molecule has 0 saturated carbocycles. The molecule has 0 radical (unpaired) electrons. The Balaban J connectivity index is 2.98. The fourth-order valence-electron chi connectivity index (χ4n) is 1.53. The lowest BCUT2D eigenvalue weighted by molar-refractivity contribution is 0.585. The number of hydrogen-bond acceptors (Lipinski definition) is 2. The second-order valence-electron chi connectivity index (χ2n) is 4.04. The van der Waals surface area contributed by atoms with Gasteiger partial charge in [0.05, 0.1) is 0 Å². The average molecular weight is 264 g/mol. The lowest BCUT2D eigenvalue weighted by Gasteiger charge is -2.03. The van der Waals surface area contributed by atoms with Gasteiger partial charge in [0.2, 0.25) is 0 Å². The van der Waals surface area contributed by atoms with Crippen molar-refractivity contribution in [2.45, 2.75) is 44.9 Å². The Morgan fingerprint density at radius 3 is 2.12 bits per heavy atom. The van der Waals surface area contributed by atoms with Gasteiger partial charge in [0.15, 0.2) is 5.11 Å². The molecule has 0 fully saturated rings. The van der Waals surface area contributed by atoms with E-state index in [1.165, 1.54) is 32.1 Å². The van der Waals surface area contributed by atoms with Gasteiger partial charge in [0.1, 0.15) is 0 Å². The van der Waals surface area contributed by atoms with E-state index in [-0.39, 0.29) is 0 Å². The summed E-state index contributed by atoms with van der Waals surface area (Å²) in [5, 5.41) is 3.34. The Labute approximate surface area is 107 Å². The van der Waals surface area contributed by atoms with Crippen LogP contribution in [-0.2, 0) is 10.8 Å². The fraction of sp³-hybridized carbons (Fsp3) is 0.909. The van der Waals surface area contributed by atoms with Crippen LogP contribution >= 0.6 is 12.2 Å². The molecule has 0 aromatic rings. The molecule has 0 unspecified atom stereocenters. The molecule has 0 aromatic heterocycles. The highest BCUT2D eigenvalue weighted by Gasteiger charge is 1.94. The number of unbranched alkanes of at least 4 members (excludes halogenated alkanes) is 6. The van der Waals surface area contributed by atoms with Crippen LogP contribution in [0.25, 0.3) is 0 Å². The number of nitrogens with one attached hydrogen (secondary N) is 1. The Hall–Kier alpha value is -0.160. The van der Waals surface area contributed by atoms with E-state index in [1.807, 2.05) is 0 Å². The van der Waals surface area contributed by atoms with Crippen LogP contribution in [0.4, 0.5) is 0 Å². The summed E-state index contributed by atoms with van der Waals surface area (Å²) in [5.41, 5.74) is 5.31. The molecule has 0 bridgehead atoms. The van der Waals surface area contributed by atoms with Gasteiger partial charge in [-0.3, -0.25) is 4.21 Å². The third kappa shape index (κ3) is 13.8. The standard InChI is InChI=1S/C11H24N2OS2/c1-16(14)10-8-6-4-2-3-5-7-9-13-11(12)15/h2-10H2,1H3,(H3,12,13,15)/t16-/m0/s1. The van der Waals surface area contributed by atoms with E-state index in [2.05, 4.69) is 5.32 Å². The van der Waals surface area contributed by atoms with Crippen LogP contribution in [-0.4, -0.2) is 27.9 Å². The zero-order chi connectivity index (χ0) is 12.2. The molecule has 3 N–H and O–H groups in total. The highest BCUT2D eigenvalue weighted by Crippen LogP contribution is 2.07. The molecule has 0 rings (SSSR count). The SMILES string of the molecule is C[S@](=O)CCCCCCCCCNC(N)=S. The third-order valence-corrected chi connectivity index (χ3v) is 3.42. The minimum atomic E-state index is -0.614. The molecule has 0 aliphatic carbocycles. The number of rotatable bonds is 10. The topological polar surface area (TPSA) is 55.1 Å². The first kappa shape index (κ1) is 15.8. The molecule has 96 valence electrons. The largest absolute Gasteiger partial charge is 0.376 e. The molecule has 0 saturated heterocycles. The molecular formula is C11H24N2OS2. The van der Waals surface area contributed by atoms with Gasteiger partial charge in [-0.1, -0.05) is 32.1 Å². The van der Waals surface area contributed by atoms with Crippen molar-refractivity contribution in [3.05, 3.63) is 0 Å². The van der Waals surface area contributed by atoms with Gasteiger partial charge < -0.3 is 11.1 Å². The molecule has 0 spiro atoms. The van der Waals surface area contributed by atoms with Crippen molar-refractivity contribution in [3.8, 4) is 0 Å². The monoisotopic (exact) mass is 264 g/mol. The molecule has 16 heavy (non-hydrogen) atoms. The van der Waals surface area contributed by atoms with Gasteiger partial charge in [-0.15, -0.1) is 0 Å². The lowest BCUT2D eigenvalue weighted by atomic mass is 10.1. The molecule has 1 atom stereocenters. The van der Waals surface area contributed by atoms with E-state index < -0.39 is 10.8 Å². The normalized spacial score (nSPS) is 12.3. The van der Waals surface area contributed by atoms with Gasteiger partial charge >= 0.3 is 0 Å². The summed E-state index contributed by atoms with van der Waals surface area (Å²) in [6.45, 7) is 0.893. The second-order valence-corrected chi connectivity index (χ2v) is 6.04. The summed E-state index contributed by atoms with van der Waals surface area (Å²) >= 11 is 4.71. The lowest BCUT2D eigenvalue weighted by Crippen LogP contribution is -2.29. The van der Waals surface area contributed by atoms with E-state index in [0.29, 0.717) is 5.11 Å². The maximum absolute atomic E-state index is 10.8.